The smallest absolute Gasteiger partial charge is 0.416 e. The summed E-state index contributed by atoms with van der Waals surface area (Å²) in [5, 5.41) is 2.79. The van der Waals surface area contributed by atoms with Crippen molar-refractivity contribution in [1.82, 2.24) is 0 Å². The Labute approximate surface area is 275 Å². The molecule has 0 unspecified atom stereocenters. The molecule has 0 spiro atoms. The highest BCUT2D eigenvalue weighted by Gasteiger charge is 2.50. The van der Waals surface area contributed by atoms with Crippen LogP contribution in [0.2, 0.25) is 0 Å². The van der Waals surface area contributed by atoms with Gasteiger partial charge in [-0.15, -0.1) is 0 Å². The Kier molecular flexibility index (Phi) is 11.7. The van der Waals surface area contributed by atoms with Crippen LogP contribution >= 0.6 is 0 Å². The maximum Gasteiger partial charge on any atom is 0.416 e. The van der Waals surface area contributed by atoms with Crippen molar-refractivity contribution in [3.63, 3.8) is 0 Å². The number of esters is 3. The SMILES string of the molecule is CCOC(=O)C(CCOC(=O)Cc1ccccc1NC(=O)c1ccccc1-c1ccc(C(F)(F)F)cc1)(C(=O)OCC)c1ccccc1. The molecule has 8 nitrogen and oxygen atoms in total. The molecule has 0 atom stereocenters. The van der Waals surface area contributed by atoms with E-state index in [0.717, 1.165) is 12.1 Å². The van der Waals surface area contributed by atoms with Gasteiger partial charge in [0, 0.05) is 17.7 Å². The van der Waals surface area contributed by atoms with E-state index in [1.165, 1.54) is 12.1 Å². The monoisotopic (exact) mass is 661 g/mol. The van der Waals surface area contributed by atoms with Crippen molar-refractivity contribution >= 4 is 29.5 Å². The summed E-state index contributed by atoms with van der Waals surface area (Å²) >= 11 is 0. The van der Waals surface area contributed by atoms with Crippen LogP contribution in [0.5, 0.6) is 0 Å². The number of nitrogens with one attached hydrogen (secondary N) is 1. The van der Waals surface area contributed by atoms with E-state index in [0.29, 0.717) is 27.9 Å². The van der Waals surface area contributed by atoms with Crippen LogP contribution in [-0.4, -0.2) is 43.6 Å². The van der Waals surface area contributed by atoms with Gasteiger partial charge in [-0.05, 0) is 60.4 Å². The molecule has 0 fully saturated rings. The van der Waals surface area contributed by atoms with E-state index in [9.17, 15) is 32.3 Å². The molecular formula is C37H34F3NO7. The number of rotatable bonds is 13. The van der Waals surface area contributed by atoms with Gasteiger partial charge in [0.15, 0.2) is 5.41 Å². The molecule has 0 aromatic heterocycles. The average Bonchev–Trinajstić information content (AvgIpc) is 3.08. The third-order valence-corrected chi connectivity index (χ3v) is 7.55. The number of hydrogen-bond donors (Lipinski definition) is 1. The zero-order valence-electron chi connectivity index (χ0n) is 26.3. The fraction of sp³-hybridized carbons (Fsp3) is 0.243. The maximum atomic E-state index is 13.4. The van der Waals surface area contributed by atoms with Crippen LogP contribution in [0.3, 0.4) is 0 Å². The van der Waals surface area contributed by atoms with Crippen LogP contribution in [0, 0.1) is 0 Å². The molecule has 4 aromatic rings. The summed E-state index contributed by atoms with van der Waals surface area (Å²) < 4.78 is 55.2. The van der Waals surface area contributed by atoms with Crippen LogP contribution in [-0.2, 0) is 46.6 Å². The van der Waals surface area contributed by atoms with Gasteiger partial charge in [0.05, 0.1) is 31.8 Å². The summed E-state index contributed by atoms with van der Waals surface area (Å²) in [6.07, 6.45) is -4.99. The van der Waals surface area contributed by atoms with Crippen molar-refractivity contribution < 1.29 is 46.6 Å². The number of para-hydroxylation sites is 1. The zero-order valence-corrected chi connectivity index (χ0v) is 26.3. The summed E-state index contributed by atoms with van der Waals surface area (Å²) in [5.74, 6) is -2.87. The Hall–Kier alpha value is -5.45. The van der Waals surface area contributed by atoms with Gasteiger partial charge in [-0.25, -0.2) is 0 Å². The van der Waals surface area contributed by atoms with Crippen LogP contribution in [0.15, 0.2) is 103 Å². The van der Waals surface area contributed by atoms with E-state index in [1.807, 2.05) is 0 Å². The van der Waals surface area contributed by atoms with Gasteiger partial charge in [-0.3, -0.25) is 19.2 Å². The lowest BCUT2D eigenvalue weighted by Gasteiger charge is -2.29. The van der Waals surface area contributed by atoms with Gasteiger partial charge in [-0.1, -0.05) is 78.9 Å². The first-order valence-corrected chi connectivity index (χ1v) is 15.2. The van der Waals surface area contributed by atoms with Gasteiger partial charge >= 0.3 is 24.1 Å². The topological polar surface area (TPSA) is 108 Å². The number of carbonyl (C=O) groups excluding carboxylic acids is 4. The standard InChI is InChI=1S/C37H34F3NO7/c1-3-46-34(44)36(35(45)47-4-2,27-13-6-5-7-14-27)22-23-48-32(42)24-26-12-8-11-17-31(26)41-33(43)30-16-10-9-15-29(30)25-18-20-28(21-19-25)37(38,39)40/h5-21H,3-4,22-24H2,1-2H3,(H,41,43). The largest absolute Gasteiger partial charge is 0.465 e. The molecule has 1 amide bonds. The predicted octanol–water partition coefficient (Wildman–Crippen LogP) is 7.16. The van der Waals surface area contributed by atoms with Crippen LogP contribution in [0.25, 0.3) is 11.1 Å². The molecule has 11 heteroatoms. The first kappa shape index (κ1) is 35.4. The summed E-state index contributed by atoms with van der Waals surface area (Å²) in [4.78, 5) is 52.9. The quantitative estimate of drug-likeness (QED) is 0.0920. The van der Waals surface area contributed by atoms with E-state index >= 15 is 0 Å². The molecule has 0 aliphatic carbocycles. The molecule has 0 saturated carbocycles. The van der Waals surface area contributed by atoms with Gasteiger partial charge in [0.1, 0.15) is 0 Å². The van der Waals surface area contributed by atoms with Crippen LogP contribution in [0.4, 0.5) is 18.9 Å². The Morgan fingerprint density at radius 2 is 1.25 bits per heavy atom. The number of benzene rings is 4. The predicted molar refractivity (Wildman–Crippen MR) is 172 cm³/mol. The molecule has 0 bridgehead atoms. The zero-order chi connectivity index (χ0) is 34.7. The van der Waals surface area contributed by atoms with Gasteiger partial charge in [0.25, 0.3) is 5.91 Å². The summed E-state index contributed by atoms with van der Waals surface area (Å²) in [5.41, 5.74) is -0.534. The minimum Gasteiger partial charge on any atom is -0.465 e. The average molecular weight is 662 g/mol. The van der Waals surface area contributed by atoms with Gasteiger partial charge in [0.2, 0.25) is 0 Å². The molecular weight excluding hydrogens is 627 g/mol. The van der Waals surface area contributed by atoms with E-state index in [-0.39, 0.29) is 38.2 Å². The molecule has 4 aromatic carbocycles. The second kappa shape index (κ2) is 15.9. The maximum absolute atomic E-state index is 13.4. The lowest BCUT2D eigenvalue weighted by Crippen LogP contribution is -2.47. The third-order valence-electron chi connectivity index (χ3n) is 7.55. The number of amides is 1. The minimum absolute atomic E-state index is 0.0178. The highest BCUT2D eigenvalue weighted by Crippen LogP contribution is 2.34. The van der Waals surface area contributed by atoms with Crippen molar-refractivity contribution in [3.8, 4) is 11.1 Å². The Balaban J connectivity index is 1.49. The van der Waals surface area contributed by atoms with Crippen LogP contribution < -0.4 is 5.32 Å². The number of anilines is 1. The molecule has 0 radical (unpaired) electrons. The lowest BCUT2D eigenvalue weighted by atomic mass is 9.77. The molecule has 0 heterocycles. The lowest BCUT2D eigenvalue weighted by molar-refractivity contribution is -0.167. The van der Waals surface area contributed by atoms with Gasteiger partial charge < -0.3 is 19.5 Å². The molecule has 0 aliphatic heterocycles. The minimum atomic E-state index is -4.49. The molecule has 250 valence electrons. The number of alkyl halides is 3. The second-order valence-corrected chi connectivity index (χ2v) is 10.6. The van der Waals surface area contributed by atoms with Gasteiger partial charge in [-0.2, -0.15) is 13.2 Å². The van der Waals surface area contributed by atoms with E-state index in [4.69, 9.17) is 14.2 Å². The number of hydrogen-bond acceptors (Lipinski definition) is 7. The first-order valence-electron chi connectivity index (χ1n) is 15.2. The Morgan fingerprint density at radius 3 is 1.88 bits per heavy atom. The van der Waals surface area contributed by atoms with Crippen molar-refractivity contribution in [2.45, 2.75) is 38.3 Å². The van der Waals surface area contributed by atoms with Crippen molar-refractivity contribution in [2.24, 2.45) is 0 Å². The van der Waals surface area contributed by atoms with Crippen molar-refractivity contribution in [3.05, 3.63) is 125 Å². The Bertz CT molecular complexity index is 1720. The molecule has 0 saturated heterocycles. The highest BCUT2D eigenvalue weighted by molar-refractivity contribution is 6.09. The van der Waals surface area contributed by atoms with Crippen molar-refractivity contribution in [1.29, 1.82) is 0 Å². The molecule has 48 heavy (non-hydrogen) atoms. The third kappa shape index (κ3) is 8.28. The number of halogens is 3. The molecule has 0 aliphatic rings. The van der Waals surface area contributed by atoms with E-state index in [2.05, 4.69) is 5.32 Å². The van der Waals surface area contributed by atoms with Crippen LogP contribution in [0.1, 0.15) is 47.3 Å². The van der Waals surface area contributed by atoms with Crippen molar-refractivity contribution in [2.75, 3.05) is 25.1 Å². The van der Waals surface area contributed by atoms with E-state index in [1.54, 1.807) is 92.7 Å². The second-order valence-electron chi connectivity index (χ2n) is 10.6. The molecule has 1 N–H and O–H groups in total. The summed E-state index contributed by atoms with van der Waals surface area (Å²) in [6.45, 7) is 2.94. The normalized spacial score (nSPS) is 11.4. The Morgan fingerprint density at radius 1 is 0.667 bits per heavy atom. The fourth-order valence-corrected chi connectivity index (χ4v) is 5.18. The summed E-state index contributed by atoms with van der Waals surface area (Å²) in [7, 11) is 0. The summed E-state index contributed by atoms with van der Waals surface area (Å²) in [6, 6.07) is 25.8. The number of carbonyl (C=O) groups is 4. The van der Waals surface area contributed by atoms with E-state index < -0.39 is 41.0 Å². The molecule has 4 rings (SSSR count). The fourth-order valence-electron chi connectivity index (χ4n) is 5.18. The highest BCUT2D eigenvalue weighted by atomic mass is 19.4. The first-order chi connectivity index (χ1) is 23.0. The number of ether oxygens (including phenoxy) is 3.